The smallest absolute Gasteiger partial charge is 0.316 e. The van der Waals surface area contributed by atoms with Crippen LogP contribution in [0.3, 0.4) is 0 Å². The zero-order valence-corrected chi connectivity index (χ0v) is 15.7. The number of hydrogen-bond acceptors (Lipinski definition) is 4. The largest absolute Gasteiger partial charge is 0.426 e. The Bertz CT molecular complexity index is 733. The van der Waals surface area contributed by atoms with E-state index >= 15 is 0 Å². The summed E-state index contributed by atoms with van der Waals surface area (Å²) in [6.45, 7) is 6.97. The molecule has 138 valence electrons. The zero-order valence-electron chi connectivity index (χ0n) is 15.7. The minimum Gasteiger partial charge on any atom is -0.426 e. The van der Waals surface area contributed by atoms with Crippen molar-refractivity contribution in [1.82, 2.24) is 5.32 Å². The summed E-state index contributed by atoms with van der Waals surface area (Å²) in [6, 6.07) is 17.0. The van der Waals surface area contributed by atoms with Crippen molar-refractivity contribution < 1.29 is 14.3 Å². The number of carbonyl (C=O) groups is 2. The molecule has 0 aromatic heterocycles. The molecule has 4 heteroatoms. The molecule has 0 bridgehead atoms. The van der Waals surface area contributed by atoms with E-state index in [0.717, 1.165) is 19.5 Å². The fraction of sp³-hybridized carbons (Fsp3) is 0.364. The van der Waals surface area contributed by atoms with Gasteiger partial charge in [0.05, 0.1) is 5.41 Å². The number of hydrogen-bond donors (Lipinski definition) is 1. The van der Waals surface area contributed by atoms with Gasteiger partial charge in [0.2, 0.25) is 0 Å². The molecule has 26 heavy (non-hydrogen) atoms. The van der Waals surface area contributed by atoms with Crippen molar-refractivity contribution in [1.29, 1.82) is 0 Å². The molecule has 0 aliphatic heterocycles. The summed E-state index contributed by atoms with van der Waals surface area (Å²) < 4.78 is 5.36. The van der Waals surface area contributed by atoms with E-state index in [1.807, 2.05) is 18.2 Å². The van der Waals surface area contributed by atoms with Crippen LogP contribution >= 0.6 is 0 Å². The van der Waals surface area contributed by atoms with E-state index in [4.69, 9.17) is 4.74 Å². The highest BCUT2D eigenvalue weighted by molar-refractivity contribution is 5.96. The molecular formula is C22H27NO3. The number of nitrogens with one attached hydrogen (secondary N) is 1. The fourth-order valence-electron chi connectivity index (χ4n) is 2.34. The predicted octanol–water partition coefficient (Wildman–Crippen LogP) is 4.39. The number of rotatable bonds is 8. The van der Waals surface area contributed by atoms with Gasteiger partial charge in [0, 0.05) is 18.5 Å². The molecule has 2 aromatic rings. The first-order valence-electron chi connectivity index (χ1n) is 8.96. The Kier molecular flexibility index (Phi) is 7.10. The fourth-order valence-corrected chi connectivity index (χ4v) is 2.34. The average molecular weight is 353 g/mol. The van der Waals surface area contributed by atoms with Gasteiger partial charge in [0.15, 0.2) is 5.78 Å². The maximum absolute atomic E-state index is 12.3. The van der Waals surface area contributed by atoms with Crippen LogP contribution in [-0.4, -0.2) is 18.3 Å². The normalized spacial score (nSPS) is 11.2. The summed E-state index contributed by atoms with van der Waals surface area (Å²) in [4.78, 5) is 24.3. The maximum Gasteiger partial charge on any atom is 0.316 e. The molecule has 1 N–H and O–H groups in total. The molecule has 2 aromatic carbocycles. The highest BCUT2D eigenvalue weighted by Gasteiger charge is 2.23. The van der Waals surface area contributed by atoms with Crippen molar-refractivity contribution in [2.45, 2.75) is 40.2 Å². The van der Waals surface area contributed by atoms with Crippen LogP contribution in [0.2, 0.25) is 0 Å². The maximum atomic E-state index is 12.3. The lowest BCUT2D eigenvalue weighted by atomic mass is 9.97. The van der Waals surface area contributed by atoms with Crippen LogP contribution in [0.5, 0.6) is 5.75 Å². The van der Waals surface area contributed by atoms with Crippen LogP contribution < -0.4 is 10.1 Å². The van der Waals surface area contributed by atoms with Crippen molar-refractivity contribution in [3.05, 3.63) is 65.7 Å². The first kappa shape index (κ1) is 19.9. The highest BCUT2D eigenvalue weighted by Crippen LogP contribution is 2.21. The lowest BCUT2D eigenvalue weighted by Crippen LogP contribution is -2.25. The zero-order chi connectivity index (χ0) is 19.0. The third-order valence-corrected chi connectivity index (χ3v) is 3.91. The SMILES string of the molecule is CC(C)(C)C(=O)Oc1cccc(C(=O)CCCNCc2ccccc2)c1. The van der Waals surface area contributed by atoms with Crippen molar-refractivity contribution >= 4 is 11.8 Å². The van der Waals surface area contributed by atoms with Gasteiger partial charge < -0.3 is 10.1 Å². The summed E-state index contributed by atoms with van der Waals surface area (Å²) in [5, 5.41) is 3.34. The molecule has 0 unspecified atom stereocenters. The van der Waals surface area contributed by atoms with E-state index < -0.39 is 5.41 Å². The number of carbonyl (C=O) groups excluding carboxylic acids is 2. The standard InChI is InChI=1S/C22H27NO3/c1-22(2,3)21(25)26-19-12-7-11-18(15-19)20(24)13-8-14-23-16-17-9-5-4-6-10-17/h4-7,9-12,15,23H,8,13-14,16H2,1-3H3. The van der Waals surface area contributed by atoms with E-state index in [2.05, 4.69) is 17.4 Å². The Hall–Kier alpha value is -2.46. The second kappa shape index (κ2) is 9.30. The lowest BCUT2D eigenvalue weighted by Gasteiger charge is -2.16. The molecule has 0 aliphatic carbocycles. The molecule has 0 heterocycles. The van der Waals surface area contributed by atoms with Gasteiger partial charge in [-0.3, -0.25) is 9.59 Å². The summed E-state index contributed by atoms with van der Waals surface area (Å²) >= 11 is 0. The third kappa shape index (κ3) is 6.45. The van der Waals surface area contributed by atoms with Crippen LogP contribution in [0.1, 0.15) is 49.5 Å². The van der Waals surface area contributed by atoms with Crippen LogP contribution in [0, 0.1) is 5.41 Å². The molecule has 0 aliphatic rings. The van der Waals surface area contributed by atoms with Crippen molar-refractivity contribution in [3.8, 4) is 5.75 Å². The number of ketones is 1. The van der Waals surface area contributed by atoms with Crippen molar-refractivity contribution in [2.24, 2.45) is 5.41 Å². The number of ether oxygens (including phenoxy) is 1. The molecular weight excluding hydrogens is 326 g/mol. The average Bonchev–Trinajstić information content (AvgIpc) is 2.61. The van der Waals surface area contributed by atoms with Crippen LogP contribution in [0.15, 0.2) is 54.6 Å². The molecule has 0 radical (unpaired) electrons. The minimum atomic E-state index is -0.579. The molecule has 0 saturated carbocycles. The first-order valence-corrected chi connectivity index (χ1v) is 8.96. The summed E-state index contributed by atoms with van der Waals surface area (Å²) in [5.74, 6) is 0.158. The number of esters is 1. The van der Waals surface area contributed by atoms with Crippen molar-refractivity contribution in [3.63, 3.8) is 0 Å². The first-order chi connectivity index (χ1) is 12.4. The van der Waals surface area contributed by atoms with E-state index in [1.165, 1.54) is 5.56 Å². The van der Waals surface area contributed by atoms with Gasteiger partial charge in [-0.15, -0.1) is 0 Å². The van der Waals surface area contributed by atoms with Gasteiger partial charge in [0.1, 0.15) is 5.75 Å². The van der Waals surface area contributed by atoms with E-state index in [-0.39, 0.29) is 11.8 Å². The minimum absolute atomic E-state index is 0.0557. The predicted molar refractivity (Wildman–Crippen MR) is 103 cm³/mol. The van der Waals surface area contributed by atoms with E-state index in [1.54, 1.807) is 45.0 Å². The Morgan fingerprint density at radius 2 is 1.73 bits per heavy atom. The number of Topliss-reactive ketones (excluding diaryl/α,β-unsaturated/α-hetero) is 1. The molecule has 0 saturated heterocycles. The van der Waals surface area contributed by atoms with Crippen LogP contribution in [0.25, 0.3) is 0 Å². The van der Waals surface area contributed by atoms with E-state index in [9.17, 15) is 9.59 Å². The van der Waals surface area contributed by atoms with Gasteiger partial charge in [-0.05, 0) is 51.4 Å². The van der Waals surface area contributed by atoms with Crippen molar-refractivity contribution in [2.75, 3.05) is 6.54 Å². The summed E-state index contributed by atoms with van der Waals surface area (Å²) in [7, 11) is 0. The molecule has 0 amide bonds. The van der Waals surface area contributed by atoms with Crippen LogP contribution in [-0.2, 0) is 11.3 Å². The van der Waals surface area contributed by atoms with Crippen LogP contribution in [0.4, 0.5) is 0 Å². The quantitative estimate of drug-likeness (QED) is 0.331. The van der Waals surface area contributed by atoms with Gasteiger partial charge in [-0.1, -0.05) is 42.5 Å². The summed E-state index contributed by atoms with van der Waals surface area (Å²) in [6.07, 6.45) is 1.22. The second-order valence-corrected chi connectivity index (χ2v) is 7.36. The number of benzene rings is 2. The highest BCUT2D eigenvalue weighted by atomic mass is 16.5. The van der Waals surface area contributed by atoms with E-state index in [0.29, 0.717) is 17.7 Å². The second-order valence-electron chi connectivity index (χ2n) is 7.36. The van der Waals surface area contributed by atoms with Gasteiger partial charge in [-0.2, -0.15) is 0 Å². The lowest BCUT2D eigenvalue weighted by molar-refractivity contribution is -0.143. The molecule has 4 nitrogen and oxygen atoms in total. The Balaban J connectivity index is 1.78. The van der Waals surface area contributed by atoms with Gasteiger partial charge in [-0.25, -0.2) is 0 Å². The summed E-state index contributed by atoms with van der Waals surface area (Å²) in [5.41, 5.74) is 1.23. The molecule has 0 spiro atoms. The Morgan fingerprint density at radius 1 is 1.00 bits per heavy atom. The Morgan fingerprint density at radius 3 is 2.42 bits per heavy atom. The molecule has 0 fully saturated rings. The molecule has 2 rings (SSSR count). The monoisotopic (exact) mass is 353 g/mol. The third-order valence-electron chi connectivity index (χ3n) is 3.91. The Labute approximate surface area is 155 Å². The van der Waals surface area contributed by atoms with Gasteiger partial charge in [0.25, 0.3) is 0 Å². The topological polar surface area (TPSA) is 55.4 Å². The molecule has 0 atom stereocenters. The van der Waals surface area contributed by atoms with Gasteiger partial charge >= 0.3 is 5.97 Å².